The SMILES string of the molecule is CC(=O)c1nnn(-c2ccccc2)c1N. The first kappa shape index (κ1) is 9.39. The van der Waals surface area contributed by atoms with Crippen LogP contribution in [0.15, 0.2) is 30.3 Å². The van der Waals surface area contributed by atoms with E-state index in [1.807, 2.05) is 30.3 Å². The number of carbonyl (C=O) groups excluding carboxylic acids is 1. The fraction of sp³-hybridized carbons (Fsp3) is 0.100. The first-order chi connectivity index (χ1) is 7.20. The molecule has 2 aromatic rings. The summed E-state index contributed by atoms with van der Waals surface area (Å²) in [5, 5.41) is 7.56. The third-order valence-corrected chi connectivity index (χ3v) is 2.04. The van der Waals surface area contributed by atoms with Gasteiger partial charge in [0.25, 0.3) is 0 Å². The molecule has 5 heteroatoms. The van der Waals surface area contributed by atoms with Gasteiger partial charge in [-0.25, -0.2) is 0 Å². The molecule has 1 aromatic heterocycles. The van der Waals surface area contributed by atoms with Gasteiger partial charge in [0.1, 0.15) is 0 Å². The van der Waals surface area contributed by atoms with E-state index in [4.69, 9.17) is 5.73 Å². The Morgan fingerprint density at radius 3 is 2.53 bits per heavy atom. The lowest BCUT2D eigenvalue weighted by Crippen LogP contribution is -2.04. The van der Waals surface area contributed by atoms with Crippen LogP contribution in [-0.2, 0) is 0 Å². The standard InChI is InChI=1S/C10H10N4O/c1-7(15)9-10(11)14(13-12-9)8-5-3-2-4-6-8/h2-6H,11H2,1H3. The molecule has 0 bridgehead atoms. The van der Waals surface area contributed by atoms with Gasteiger partial charge in [-0.1, -0.05) is 23.4 Å². The number of hydrogen-bond donors (Lipinski definition) is 1. The number of nitrogens with zero attached hydrogens (tertiary/aromatic N) is 3. The van der Waals surface area contributed by atoms with Gasteiger partial charge < -0.3 is 5.73 Å². The van der Waals surface area contributed by atoms with Crippen LogP contribution in [0.5, 0.6) is 0 Å². The maximum Gasteiger partial charge on any atom is 0.183 e. The molecule has 0 spiro atoms. The summed E-state index contributed by atoms with van der Waals surface area (Å²) in [5.41, 5.74) is 6.75. The Kier molecular flexibility index (Phi) is 2.21. The summed E-state index contributed by atoms with van der Waals surface area (Å²) >= 11 is 0. The summed E-state index contributed by atoms with van der Waals surface area (Å²) in [6.07, 6.45) is 0. The van der Waals surface area contributed by atoms with E-state index in [-0.39, 0.29) is 17.3 Å². The summed E-state index contributed by atoms with van der Waals surface area (Å²) in [6, 6.07) is 9.31. The molecule has 15 heavy (non-hydrogen) atoms. The second kappa shape index (κ2) is 3.53. The number of carbonyl (C=O) groups is 1. The van der Waals surface area contributed by atoms with Gasteiger partial charge in [0.15, 0.2) is 17.3 Å². The molecular formula is C10H10N4O. The van der Waals surface area contributed by atoms with Crippen LogP contribution in [0.3, 0.4) is 0 Å². The highest BCUT2D eigenvalue weighted by Gasteiger charge is 2.13. The quantitative estimate of drug-likeness (QED) is 0.739. The van der Waals surface area contributed by atoms with Crippen molar-refractivity contribution in [1.82, 2.24) is 15.0 Å². The van der Waals surface area contributed by atoms with E-state index in [1.54, 1.807) is 0 Å². The van der Waals surface area contributed by atoms with E-state index in [0.717, 1.165) is 5.69 Å². The topological polar surface area (TPSA) is 73.8 Å². The molecule has 76 valence electrons. The number of hydrogen-bond acceptors (Lipinski definition) is 4. The molecule has 0 radical (unpaired) electrons. The predicted molar refractivity (Wildman–Crippen MR) is 55.8 cm³/mol. The van der Waals surface area contributed by atoms with Crippen molar-refractivity contribution in [2.45, 2.75) is 6.92 Å². The van der Waals surface area contributed by atoms with E-state index < -0.39 is 0 Å². The van der Waals surface area contributed by atoms with Crippen LogP contribution in [-0.4, -0.2) is 20.8 Å². The van der Waals surface area contributed by atoms with Crippen molar-refractivity contribution < 1.29 is 4.79 Å². The second-order valence-electron chi connectivity index (χ2n) is 3.13. The smallest absolute Gasteiger partial charge is 0.183 e. The van der Waals surface area contributed by atoms with Gasteiger partial charge in [0.2, 0.25) is 0 Å². The van der Waals surface area contributed by atoms with Crippen LogP contribution in [0.25, 0.3) is 5.69 Å². The van der Waals surface area contributed by atoms with Crippen molar-refractivity contribution in [2.24, 2.45) is 0 Å². The third kappa shape index (κ3) is 1.59. The van der Waals surface area contributed by atoms with Crippen LogP contribution >= 0.6 is 0 Å². The average molecular weight is 202 g/mol. The van der Waals surface area contributed by atoms with Crippen molar-refractivity contribution in [3.05, 3.63) is 36.0 Å². The number of aromatic nitrogens is 3. The normalized spacial score (nSPS) is 10.2. The maximum absolute atomic E-state index is 11.1. The summed E-state index contributed by atoms with van der Waals surface area (Å²) < 4.78 is 1.44. The minimum absolute atomic E-state index is 0.185. The second-order valence-corrected chi connectivity index (χ2v) is 3.13. The van der Waals surface area contributed by atoms with Gasteiger partial charge in [-0.3, -0.25) is 4.79 Å². The highest BCUT2D eigenvalue weighted by molar-refractivity contribution is 5.96. The molecule has 2 N–H and O–H groups in total. The largest absolute Gasteiger partial charge is 0.382 e. The number of anilines is 1. The van der Waals surface area contributed by atoms with E-state index in [0.29, 0.717) is 0 Å². The van der Waals surface area contributed by atoms with E-state index in [2.05, 4.69) is 10.3 Å². The van der Waals surface area contributed by atoms with E-state index in [9.17, 15) is 4.79 Å². The van der Waals surface area contributed by atoms with E-state index in [1.165, 1.54) is 11.6 Å². The van der Waals surface area contributed by atoms with Crippen molar-refractivity contribution >= 4 is 11.6 Å². The fourth-order valence-electron chi connectivity index (χ4n) is 1.30. The lowest BCUT2D eigenvalue weighted by molar-refractivity contribution is 0.101. The average Bonchev–Trinajstić information content (AvgIpc) is 2.61. The number of nitrogens with two attached hydrogens (primary N) is 1. The number of rotatable bonds is 2. The lowest BCUT2D eigenvalue weighted by atomic mass is 10.3. The Morgan fingerprint density at radius 1 is 1.33 bits per heavy atom. The maximum atomic E-state index is 11.1. The lowest BCUT2D eigenvalue weighted by Gasteiger charge is -2.01. The molecule has 0 unspecified atom stereocenters. The molecule has 5 nitrogen and oxygen atoms in total. The first-order valence-corrected chi connectivity index (χ1v) is 4.47. The summed E-state index contributed by atoms with van der Waals surface area (Å²) in [4.78, 5) is 11.1. The summed E-state index contributed by atoms with van der Waals surface area (Å²) in [7, 11) is 0. The monoisotopic (exact) mass is 202 g/mol. The van der Waals surface area contributed by atoms with Crippen molar-refractivity contribution in [2.75, 3.05) is 5.73 Å². The number of benzene rings is 1. The number of ketones is 1. The van der Waals surface area contributed by atoms with E-state index >= 15 is 0 Å². The van der Waals surface area contributed by atoms with Crippen LogP contribution in [0.4, 0.5) is 5.82 Å². The Balaban J connectivity index is 2.52. The summed E-state index contributed by atoms with van der Waals surface area (Å²) in [6.45, 7) is 1.41. The molecule has 0 atom stereocenters. The Labute approximate surface area is 86.5 Å². The highest BCUT2D eigenvalue weighted by atomic mass is 16.1. The van der Waals surface area contributed by atoms with Gasteiger partial charge in [0, 0.05) is 6.92 Å². The molecule has 0 saturated carbocycles. The van der Waals surface area contributed by atoms with Crippen LogP contribution in [0.2, 0.25) is 0 Å². The number of nitrogen functional groups attached to an aromatic ring is 1. The zero-order valence-corrected chi connectivity index (χ0v) is 8.21. The van der Waals surface area contributed by atoms with Crippen molar-refractivity contribution in [3.8, 4) is 5.69 Å². The Bertz CT molecular complexity index is 489. The van der Waals surface area contributed by atoms with Crippen LogP contribution < -0.4 is 5.73 Å². The van der Waals surface area contributed by atoms with Gasteiger partial charge in [-0.2, -0.15) is 4.68 Å². The van der Waals surface area contributed by atoms with Crippen LogP contribution in [0.1, 0.15) is 17.4 Å². The molecule has 0 aliphatic carbocycles. The first-order valence-electron chi connectivity index (χ1n) is 4.47. The van der Waals surface area contributed by atoms with Gasteiger partial charge >= 0.3 is 0 Å². The van der Waals surface area contributed by atoms with Gasteiger partial charge in [0.05, 0.1) is 5.69 Å². The van der Waals surface area contributed by atoms with Gasteiger partial charge in [-0.05, 0) is 12.1 Å². The number of para-hydroxylation sites is 1. The van der Waals surface area contributed by atoms with Crippen LogP contribution in [0, 0.1) is 0 Å². The molecule has 1 aromatic carbocycles. The zero-order chi connectivity index (χ0) is 10.8. The molecule has 2 rings (SSSR count). The highest BCUT2D eigenvalue weighted by Crippen LogP contribution is 2.14. The molecule has 0 aliphatic rings. The Morgan fingerprint density at radius 2 is 2.00 bits per heavy atom. The van der Waals surface area contributed by atoms with Crippen molar-refractivity contribution in [3.63, 3.8) is 0 Å². The molecular weight excluding hydrogens is 192 g/mol. The minimum atomic E-state index is -0.185. The Hall–Kier alpha value is -2.17. The molecule has 0 saturated heterocycles. The third-order valence-electron chi connectivity index (χ3n) is 2.04. The zero-order valence-electron chi connectivity index (χ0n) is 8.21. The molecule has 1 heterocycles. The van der Waals surface area contributed by atoms with Crippen molar-refractivity contribution in [1.29, 1.82) is 0 Å². The molecule has 0 amide bonds. The summed E-state index contributed by atoms with van der Waals surface area (Å²) in [5.74, 6) is 0.0865. The molecule has 0 fully saturated rings. The fourth-order valence-corrected chi connectivity index (χ4v) is 1.30. The number of Topliss-reactive ketones (excluding diaryl/α,β-unsaturated/α-hetero) is 1. The molecule has 0 aliphatic heterocycles. The minimum Gasteiger partial charge on any atom is -0.382 e. The predicted octanol–water partition coefficient (Wildman–Crippen LogP) is 1.05. The van der Waals surface area contributed by atoms with Gasteiger partial charge in [-0.15, -0.1) is 5.10 Å².